The van der Waals surface area contributed by atoms with Crippen molar-refractivity contribution < 1.29 is 14.3 Å². The van der Waals surface area contributed by atoms with Crippen LogP contribution in [0.25, 0.3) is 0 Å². The van der Waals surface area contributed by atoms with Gasteiger partial charge in [-0.15, -0.1) is 11.3 Å². The standard InChI is InChI=1S/C25H25NO3S/c1-2-29-25(28)23-20-14-13-19(18-11-7-4-8-12-18)16-21(20)30-24(23)26-22(27)15-17-9-5-3-6-10-17/h3-12,19H,2,13-16H2,1H3,(H,26,27). The third kappa shape index (κ3) is 4.46. The molecular formula is C25H25NO3S. The van der Waals surface area contributed by atoms with Crippen LogP contribution < -0.4 is 5.32 Å². The van der Waals surface area contributed by atoms with E-state index in [2.05, 4.69) is 29.6 Å². The van der Waals surface area contributed by atoms with E-state index in [0.717, 1.165) is 30.4 Å². The number of nitrogens with one attached hydrogen (secondary N) is 1. The fourth-order valence-corrected chi connectivity index (χ4v) is 5.39. The maximum Gasteiger partial charge on any atom is 0.341 e. The summed E-state index contributed by atoms with van der Waals surface area (Å²) >= 11 is 1.52. The minimum absolute atomic E-state index is 0.120. The van der Waals surface area contributed by atoms with Crippen LogP contribution in [0.1, 0.15) is 51.2 Å². The molecule has 0 spiro atoms. The molecule has 1 heterocycles. The first kappa shape index (κ1) is 20.4. The molecule has 0 aliphatic heterocycles. The van der Waals surface area contributed by atoms with Gasteiger partial charge >= 0.3 is 5.97 Å². The molecule has 1 aromatic heterocycles. The van der Waals surface area contributed by atoms with Crippen molar-refractivity contribution in [3.05, 3.63) is 87.8 Å². The summed E-state index contributed by atoms with van der Waals surface area (Å²) in [5.74, 6) is -0.0339. The zero-order valence-corrected chi connectivity index (χ0v) is 17.8. The number of carbonyl (C=O) groups excluding carboxylic acids is 2. The van der Waals surface area contributed by atoms with E-state index in [4.69, 9.17) is 4.74 Å². The Morgan fingerprint density at radius 1 is 1.07 bits per heavy atom. The number of anilines is 1. The van der Waals surface area contributed by atoms with Crippen molar-refractivity contribution in [1.82, 2.24) is 0 Å². The van der Waals surface area contributed by atoms with Crippen molar-refractivity contribution in [2.45, 2.75) is 38.5 Å². The average Bonchev–Trinajstić information content (AvgIpc) is 3.12. The molecule has 2 aromatic carbocycles. The number of hydrogen-bond donors (Lipinski definition) is 1. The van der Waals surface area contributed by atoms with E-state index in [9.17, 15) is 9.59 Å². The van der Waals surface area contributed by atoms with Crippen LogP contribution in [0.15, 0.2) is 60.7 Å². The SMILES string of the molecule is CCOC(=O)c1c(NC(=O)Cc2ccccc2)sc2c1CCC(c1ccccc1)C2. The summed E-state index contributed by atoms with van der Waals surface area (Å²) in [4.78, 5) is 26.6. The van der Waals surface area contributed by atoms with Crippen molar-refractivity contribution in [2.24, 2.45) is 0 Å². The molecule has 4 rings (SSSR count). The lowest BCUT2D eigenvalue weighted by Crippen LogP contribution is -2.18. The molecule has 1 aliphatic rings. The smallest absolute Gasteiger partial charge is 0.341 e. The highest BCUT2D eigenvalue weighted by molar-refractivity contribution is 7.17. The number of hydrogen-bond acceptors (Lipinski definition) is 4. The summed E-state index contributed by atoms with van der Waals surface area (Å²) in [6.07, 6.45) is 2.95. The van der Waals surface area contributed by atoms with Gasteiger partial charge in [0.2, 0.25) is 5.91 Å². The van der Waals surface area contributed by atoms with Crippen molar-refractivity contribution >= 4 is 28.2 Å². The minimum Gasteiger partial charge on any atom is -0.462 e. The second-order valence-corrected chi connectivity index (χ2v) is 8.59. The van der Waals surface area contributed by atoms with E-state index in [1.807, 2.05) is 36.4 Å². The monoisotopic (exact) mass is 419 g/mol. The first-order valence-corrected chi connectivity index (χ1v) is 11.2. The van der Waals surface area contributed by atoms with Gasteiger partial charge in [0.1, 0.15) is 5.00 Å². The van der Waals surface area contributed by atoms with Crippen LogP contribution in [-0.4, -0.2) is 18.5 Å². The highest BCUT2D eigenvalue weighted by Crippen LogP contribution is 2.42. The molecule has 0 fully saturated rings. The maximum atomic E-state index is 12.7. The van der Waals surface area contributed by atoms with Crippen molar-refractivity contribution in [3.8, 4) is 0 Å². The number of thiophene rings is 1. The summed E-state index contributed by atoms with van der Waals surface area (Å²) in [6, 6.07) is 20.1. The summed E-state index contributed by atoms with van der Waals surface area (Å²) < 4.78 is 5.32. The molecule has 1 atom stereocenters. The van der Waals surface area contributed by atoms with Gasteiger partial charge in [0, 0.05) is 4.88 Å². The fraction of sp³-hybridized carbons (Fsp3) is 0.280. The lowest BCUT2D eigenvalue weighted by Gasteiger charge is -2.23. The molecule has 1 aliphatic carbocycles. The Kier molecular flexibility index (Phi) is 6.29. The molecule has 4 nitrogen and oxygen atoms in total. The molecule has 0 radical (unpaired) electrons. The van der Waals surface area contributed by atoms with Gasteiger partial charge in [-0.3, -0.25) is 4.79 Å². The van der Waals surface area contributed by atoms with E-state index in [-0.39, 0.29) is 18.3 Å². The number of fused-ring (bicyclic) bond motifs is 1. The summed E-state index contributed by atoms with van der Waals surface area (Å²) in [5, 5.41) is 3.61. The van der Waals surface area contributed by atoms with Gasteiger partial charge in [-0.2, -0.15) is 0 Å². The second-order valence-electron chi connectivity index (χ2n) is 7.49. The molecule has 1 unspecified atom stereocenters. The number of rotatable bonds is 6. The van der Waals surface area contributed by atoms with Crippen LogP contribution in [0.5, 0.6) is 0 Å². The zero-order valence-electron chi connectivity index (χ0n) is 17.0. The van der Waals surface area contributed by atoms with Gasteiger partial charge in [-0.1, -0.05) is 60.7 Å². The van der Waals surface area contributed by atoms with Gasteiger partial charge in [0.05, 0.1) is 18.6 Å². The van der Waals surface area contributed by atoms with Crippen LogP contribution in [-0.2, 0) is 28.8 Å². The first-order valence-electron chi connectivity index (χ1n) is 10.4. The molecular weight excluding hydrogens is 394 g/mol. The molecule has 30 heavy (non-hydrogen) atoms. The van der Waals surface area contributed by atoms with Gasteiger partial charge in [-0.05, 0) is 48.8 Å². The Morgan fingerprint density at radius 3 is 2.47 bits per heavy atom. The summed E-state index contributed by atoms with van der Waals surface area (Å²) in [5.41, 5.74) is 3.85. The Bertz CT molecular complexity index is 1030. The highest BCUT2D eigenvalue weighted by Gasteiger charge is 2.30. The van der Waals surface area contributed by atoms with Crippen molar-refractivity contribution in [2.75, 3.05) is 11.9 Å². The van der Waals surface area contributed by atoms with Gasteiger partial charge in [0.25, 0.3) is 0 Å². The predicted octanol–water partition coefficient (Wildman–Crippen LogP) is 5.38. The molecule has 1 N–H and O–H groups in total. The van der Waals surface area contributed by atoms with Gasteiger partial charge in [-0.25, -0.2) is 4.79 Å². The number of esters is 1. The lowest BCUT2D eigenvalue weighted by molar-refractivity contribution is -0.115. The molecule has 0 bridgehead atoms. The highest BCUT2D eigenvalue weighted by atomic mass is 32.1. The predicted molar refractivity (Wildman–Crippen MR) is 120 cm³/mol. The minimum atomic E-state index is -0.344. The molecule has 5 heteroatoms. The number of amides is 1. The Balaban J connectivity index is 1.59. The Morgan fingerprint density at radius 2 is 1.77 bits per heavy atom. The van der Waals surface area contributed by atoms with Crippen molar-refractivity contribution in [3.63, 3.8) is 0 Å². The van der Waals surface area contributed by atoms with E-state index < -0.39 is 0 Å². The van der Waals surface area contributed by atoms with Crippen LogP contribution in [0.2, 0.25) is 0 Å². The Hall–Kier alpha value is -2.92. The van der Waals surface area contributed by atoms with Crippen LogP contribution >= 0.6 is 11.3 Å². The molecule has 0 saturated carbocycles. The Labute approximate surface area is 180 Å². The van der Waals surface area contributed by atoms with Crippen LogP contribution in [0.4, 0.5) is 5.00 Å². The zero-order chi connectivity index (χ0) is 20.9. The van der Waals surface area contributed by atoms with E-state index >= 15 is 0 Å². The van der Waals surface area contributed by atoms with Crippen LogP contribution in [0, 0.1) is 0 Å². The molecule has 1 amide bonds. The maximum absolute atomic E-state index is 12.7. The number of benzene rings is 2. The second kappa shape index (κ2) is 9.26. The van der Waals surface area contributed by atoms with Gasteiger partial charge in [0.15, 0.2) is 0 Å². The topological polar surface area (TPSA) is 55.4 Å². The summed E-state index contributed by atoms with van der Waals surface area (Å²) in [6.45, 7) is 2.11. The largest absolute Gasteiger partial charge is 0.462 e. The lowest BCUT2D eigenvalue weighted by atomic mass is 9.83. The van der Waals surface area contributed by atoms with Crippen LogP contribution in [0.3, 0.4) is 0 Å². The third-order valence-electron chi connectivity index (χ3n) is 5.48. The summed E-state index contributed by atoms with van der Waals surface area (Å²) in [7, 11) is 0. The normalized spacial score (nSPS) is 15.3. The van der Waals surface area contributed by atoms with Crippen molar-refractivity contribution in [1.29, 1.82) is 0 Å². The number of carbonyl (C=O) groups is 2. The molecule has 154 valence electrons. The molecule has 3 aromatic rings. The third-order valence-corrected chi connectivity index (χ3v) is 6.65. The number of ether oxygens (including phenoxy) is 1. The van der Waals surface area contributed by atoms with E-state index in [0.29, 0.717) is 23.1 Å². The van der Waals surface area contributed by atoms with E-state index in [1.165, 1.54) is 21.8 Å². The average molecular weight is 420 g/mol. The quantitative estimate of drug-likeness (QED) is 0.546. The van der Waals surface area contributed by atoms with E-state index in [1.54, 1.807) is 6.92 Å². The van der Waals surface area contributed by atoms with Gasteiger partial charge < -0.3 is 10.1 Å². The first-order chi connectivity index (χ1) is 14.7. The molecule has 0 saturated heterocycles. The fourth-order valence-electron chi connectivity index (χ4n) is 4.05.